The molecule has 0 radical (unpaired) electrons. The van der Waals surface area contributed by atoms with Gasteiger partial charge in [-0.3, -0.25) is 5.32 Å². The Morgan fingerprint density at radius 3 is 2.94 bits per heavy atom. The SMILES string of the molecule is CCc1cn2c(n1)C(C(F)(F)F)NCCC2. The molecule has 0 amide bonds. The zero-order valence-corrected chi connectivity index (χ0v) is 9.01. The highest BCUT2D eigenvalue weighted by molar-refractivity contribution is 5.10. The van der Waals surface area contributed by atoms with Crippen LogP contribution in [0.3, 0.4) is 0 Å². The Labute approximate surface area is 91.7 Å². The molecular weight excluding hydrogens is 219 g/mol. The van der Waals surface area contributed by atoms with Crippen LogP contribution in [-0.2, 0) is 13.0 Å². The van der Waals surface area contributed by atoms with Crippen LogP contribution in [0.4, 0.5) is 13.2 Å². The van der Waals surface area contributed by atoms with Crippen molar-refractivity contribution in [2.45, 2.75) is 38.5 Å². The number of imidazole rings is 1. The van der Waals surface area contributed by atoms with Crippen molar-refractivity contribution in [1.82, 2.24) is 14.9 Å². The average Bonchev–Trinajstić information content (AvgIpc) is 2.49. The lowest BCUT2D eigenvalue weighted by atomic mass is 10.2. The monoisotopic (exact) mass is 233 g/mol. The Balaban J connectivity index is 2.39. The summed E-state index contributed by atoms with van der Waals surface area (Å²) in [5.41, 5.74) is 0.716. The van der Waals surface area contributed by atoms with Crippen molar-refractivity contribution in [3.8, 4) is 0 Å². The number of nitrogens with one attached hydrogen (secondary N) is 1. The molecule has 0 bridgehead atoms. The van der Waals surface area contributed by atoms with Crippen LogP contribution in [0.1, 0.15) is 30.9 Å². The normalized spacial score (nSPS) is 21.6. The van der Waals surface area contributed by atoms with E-state index in [2.05, 4.69) is 10.3 Å². The number of rotatable bonds is 1. The molecule has 1 aliphatic heterocycles. The Morgan fingerprint density at radius 1 is 1.56 bits per heavy atom. The first-order valence-electron chi connectivity index (χ1n) is 5.38. The molecule has 16 heavy (non-hydrogen) atoms. The molecule has 0 fully saturated rings. The van der Waals surface area contributed by atoms with E-state index in [1.807, 2.05) is 6.92 Å². The van der Waals surface area contributed by atoms with E-state index in [4.69, 9.17) is 0 Å². The lowest BCUT2D eigenvalue weighted by Crippen LogP contribution is -2.34. The van der Waals surface area contributed by atoms with Crippen LogP contribution >= 0.6 is 0 Å². The molecule has 0 saturated heterocycles. The van der Waals surface area contributed by atoms with Gasteiger partial charge in [0.1, 0.15) is 5.82 Å². The van der Waals surface area contributed by atoms with E-state index in [9.17, 15) is 13.2 Å². The standard InChI is InChI=1S/C10H14F3N3/c1-2-7-6-16-5-3-4-14-8(9(16)15-7)10(11,12)13/h6,8,14H,2-5H2,1H3. The summed E-state index contributed by atoms with van der Waals surface area (Å²) in [4.78, 5) is 4.06. The predicted octanol–water partition coefficient (Wildman–Crippen LogP) is 2.04. The maximum atomic E-state index is 12.8. The van der Waals surface area contributed by atoms with Gasteiger partial charge in [-0.1, -0.05) is 6.92 Å². The number of hydrogen-bond donors (Lipinski definition) is 1. The summed E-state index contributed by atoms with van der Waals surface area (Å²) in [6, 6.07) is -1.63. The van der Waals surface area contributed by atoms with E-state index in [0.29, 0.717) is 31.6 Å². The van der Waals surface area contributed by atoms with E-state index in [1.54, 1.807) is 10.8 Å². The van der Waals surface area contributed by atoms with Crippen LogP contribution in [0.15, 0.2) is 6.20 Å². The Morgan fingerprint density at radius 2 is 2.31 bits per heavy atom. The molecule has 1 aromatic heterocycles. The molecule has 0 spiro atoms. The highest BCUT2D eigenvalue weighted by Gasteiger charge is 2.43. The van der Waals surface area contributed by atoms with Crippen molar-refractivity contribution in [2.75, 3.05) is 6.54 Å². The molecule has 1 unspecified atom stereocenters. The van der Waals surface area contributed by atoms with Gasteiger partial charge in [0.05, 0.1) is 5.69 Å². The third-order valence-electron chi connectivity index (χ3n) is 2.73. The zero-order valence-electron chi connectivity index (χ0n) is 9.01. The minimum atomic E-state index is -4.28. The van der Waals surface area contributed by atoms with Gasteiger partial charge in [0.15, 0.2) is 6.04 Å². The average molecular weight is 233 g/mol. The second kappa shape index (κ2) is 4.08. The zero-order chi connectivity index (χ0) is 11.8. The van der Waals surface area contributed by atoms with Crippen molar-refractivity contribution in [3.05, 3.63) is 17.7 Å². The van der Waals surface area contributed by atoms with Gasteiger partial charge in [-0.2, -0.15) is 13.2 Å². The van der Waals surface area contributed by atoms with Gasteiger partial charge in [0.25, 0.3) is 0 Å². The summed E-state index contributed by atoms with van der Waals surface area (Å²) < 4.78 is 40.0. The Bertz CT molecular complexity index is 370. The quantitative estimate of drug-likeness (QED) is 0.804. The molecule has 3 nitrogen and oxygen atoms in total. The smallest absolute Gasteiger partial charge is 0.333 e. The Hall–Kier alpha value is -1.04. The van der Waals surface area contributed by atoms with Crippen LogP contribution in [0.2, 0.25) is 0 Å². The van der Waals surface area contributed by atoms with Crippen LogP contribution in [-0.4, -0.2) is 22.3 Å². The lowest BCUT2D eigenvalue weighted by molar-refractivity contribution is -0.159. The van der Waals surface area contributed by atoms with Gasteiger partial charge in [0, 0.05) is 12.7 Å². The molecule has 1 aliphatic rings. The lowest BCUT2D eigenvalue weighted by Gasteiger charge is -2.18. The van der Waals surface area contributed by atoms with Crippen LogP contribution in [0.25, 0.3) is 0 Å². The molecule has 6 heteroatoms. The topological polar surface area (TPSA) is 29.9 Å². The minimum Gasteiger partial charge on any atom is -0.333 e. The second-order valence-electron chi connectivity index (χ2n) is 3.92. The van der Waals surface area contributed by atoms with Crippen LogP contribution < -0.4 is 5.32 Å². The van der Waals surface area contributed by atoms with Crippen LogP contribution in [0.5, 0.6) is 0 Å². The molecule has 0 saturated carbocycles. The molecule has 90 valence electrons. The first-order chi connectivity index (χ1) is 7.52. The molecular formula is C10H14F3N3. The summed E-state index contributed by atoms with van der Waals surface area (Å²) >= 11 is 0. The summed E-state index contributed by atoms with van der Waals surface area (Å²) in [6.07, 6.45) is -1.21. The first-order valence-corrected chi connectivity index (χ1v) is 5.38. The molecule has 1 N–H and O–H groups in total. The minimum absolute atomic E-state index is 0.0989. The van der Waals surface area contributed by atoms with E-state index < -0.39 is 12.2 Å². The summed E-state index contributed by atoms with van der Waals surface area (Å²) in [5, 5.41) is 2.51. The molecule has 0 aliphatic carbocycles. The fourth-order valence-corrected chi connectivity index (χ4v) is 1.92. The second-order valence-corrected chi connectivity index (χ2v) is 3.92. The molecule has 1 atom stereocenters. The molecule has 1 aromatic rings. The van der Waals surface area contributed by atoms with Gasteiger partial charge < -0.3 is 4.57 Å². The third kappa shape index (κ3) is 2.07. The summed E-state index contributed by atoms with van der Waals surface area (Å²) in [7, 11) is 0. The maximum absolute atomic E-state index is 12.8. The number of hydrogen-bond acceptors (Lipinski definition) is 2. The fourth-order valence-electron chi connectivity index (χ4n) is 1.92. The highest BCUT2D eigenvalue weighted by Crippen LogP contribution is 2.33. The Kier molecular flexibility index (Phi) is 2.92. The molecule has 2 heterocycles. The van der Waals surface area contributed by atoms with Gasteiger partial charge in [-0.25, -0.2) is 4.98 Å². The first kappa shape index (κ1) is 11.4. The number of fused-ring (bicyclic) bond motifs is 1. The van der Waals surface area contributed by atoms with E-state index in [0.717, 1.165) is 0 Å². The van der Waals surface area contributed by atoms with Gasteiger partial charge in [0.2, 0.25) is 0 Å². The number of aryl methyl sites for hydroxylation is 2. The molecule has 2 rings (SSSR count). The van der Waals surface area contributed by atoms with E-state index in [1.165, 1.54) is 0 Å². The third-order valence-corrected chi connectivity index (χ3v) is 2.73. The summed E-state index contributed by atoms with van der Waals surface area (Å²) in [5.74, 6) is 0.0989. The van der Waals surface area contributed by atoms with E-state index >= 15 is 0 Å². The fraction of sp³-hybridized carbons (Fsp3) is 0.700. The summed E-state index contributed by atoms with van der Waals surface area (Å²) in [6.45, 7) is 2.86. The van der Waals surface area contributed by atoms with Gasteiger partial charge in [-0.15, -0.1) is 0 Å². The number of halogens is 3. The number of nitrogens with zero attached hydrogens (tertiary/aromatic N) is 2. The van der Waals surface area contributed by atoms with Gasteiger partial charge in [-0.05, 0) is 19.4 Å². The van der Waals surface area contributed by atoms with E-state index in [-0.39, 0.29) is 5.82 Å². The van der Waals surface area contributed by atoms with Crippen molar-refractivity contribution in [2.24, 2.45) is 0 Å². The van der Waals surface area contributed by atoms with Gasteiger partial charge >= 0.3 is 6.18 Å². The van der Waals surface area contributed by atoms with Crippen molar-refractivity contribution in [1.29, 1.82) is 0 Å². The van der Waals surface area contributed by atoms with Crippen molar-refractivity contribution < 1.29 is 13.2 Å². The largest absolute Gasteiger partial charge is 0.410 e. The predicted molar refractivity (Wildman–Crippen MR) is 53.0 cm³/mol. The van der Waals surface area contributed by atoms with Crippen LogP contribution in [0, 0.1) is 0 Å². The van der Waals surface area contributed by atoms with Crippen molar-refractivity contribution in [3.63, 3.8) is 0 Å². The molecule has 0 aromatic carbocycles. The maximum Gasteiger partial charge on any atom is 0.410 e. The number of aromatic nitrogens is 2. The number of alkyl halides is 3. The highest BCUT2D eigenvalue weighted by atomic mass is 19.4. The van der Waals surface area contributed by atoms with Crippen molar-refractivity contribution >= 4 is 0 Å².